The number of nitrogens with one attached hydrogen (secondary N) is 1. The van der Waals surface area contributed by atoms with Gasteiger partial charge in [-0.05, 0) is 12.5 Å². The van der Waals surface area contributed by atoms with Gasteiger partial charge in [-0.1, -0.05) is 77.6 Å². The van der Waals surface area contributed by atoms with Crippen molar-refractivity contribution in [3.8, 4) is 0 Å². The highest BCUT2D eigenvalue weighted by molar-refractivity contribution is 5.36. The molecule has 1 aromatic heterocycles. The first-order chi connectivity index (χ1) is 10.8. The number of anilines is 2. The van der Waals surface area contributed by atoms with Crippen molar-refractivity contribution in [3.63, 3.8) is 0 Å². The standard InChI is InChI=1S/C18H34N4/c1-2-3-4-5-6-7-8-9-10-11-12-13-15-20-17-14-16-21-18(19)22-17/h14,16H,2-13,15H2,1H3,(H3,19,20,21,22). The molecule has 0 aliphatic carbocycles. The van der Waals surface area contributed by atoms with E-state index < -0.39 is 0 Å². The number of rotatable bonds is 14. The second kappa shape index (κ2) is 13.4. The third-order valence-electron chi connectivity index (χ3n) is 4.01. The van der Waals surface area contributed by atoms with Gasteiger partial charge >= 0.3 is 0 Å². The van der Waals surface area contributed by atoms with Gasteiger partial charge in [0.2, 0.25) is 5.95 Å². The molecule has 3 N–H and O–H groups in total. The van der Waals surface area contributed by atoms with E-state index in [1.165, 1.54) is 77.0 Å². The van der Waals surface area contributed by atoms with E-state index in [9.17, 15) is 0 Å². The van der Waals surface area contributed by atoms with Gasteiger partial charge in [0.25, 0.3) is 0 Å². The van der Waals surface area contributed by atoms with E-state index in [4.69, 9.17) is 5.73 Å². The van der Waals surface area contributed by atoms with Crippen molar-refractivity contribution in [3.05, 3.63) is 12.3 Å². The normalized spacial score (nSPS) is 10.8. The first-order valence-corrected chi connectivity index (χ1v) is 9.15. The van der Waals surface area contributed by atoms with Crippen LogP contribution >= 0.6 is 0 Å². The second-order valence-corrected chi connectivity index (χ2v) is 6.12. The van der Waals surface area contributed by atoms with Gasteiger partial charge in [-0.3, -0.25) is 0 Å². The van der Waals surface area contributed by atoms with Crippen LogP contribution in [0.25, 0.3) is 0 Å². The van der Waals surface area contributed by atoms with E-state index in [0.717, 1.165) is 12.4 Å². The highest BCUT2D eigenvalue weighted by Gasteiger charge is 1.96. The molecule has 22 heavy (non-hydrogen) atoms. The van der Waals surface area contributed by atoms with Gasteiger partial charge in [0.15, 0.2) is 0 Å². The van der Waals surface area contributed by atoms with Gasteiger partial charge in [0.05, 0.1) is 0 Å². The van der Waals surface area contributed by atoms with E-state index >= 15 is 0 Å². The Morgan fingerprint density at radius 2 is 1.41 bits per heavy atom. The highest BCUT2D eigenvalue weighted by atomic mass is 15.1. The Kier molecular flexibility index (Phi) is 11.4. The first-order valence-electron chi connectivity index (χ1n) is 9.15. The number of nitrogens with two attached hydrogens (primary N) is 1. The van der Waals surface area contributed by atoms with Crippen LogP contribution in [-0.4, -0.2) is 16.5 Å². The molecule has 1 aromatic rings. The summed E-state index contributed by atoms with van der Waals surface area (Å²) in [6.07, 6.45) is 18.2. The van der Waals surface area contributed by atoms with Crippen LogP contribution in [0.4, 0.5) is 11.8 Å². The monoisotopic (exact) mass is 306 g/mol. The minimum Gasteiger partial charge on any atom is -0.370 e. The van der Waals surface area contributed by atoms with Crippen molar-refractivity contribution in [2.75, 3.05) is 17.6 Å². The lowest BCUT2D eigenvalue weighted by Crippen LogP contribution is -2.05. The van der Waals surface area contributed by atoms with E-state index in [0.29, 0.717) is 5.95 Å². The van der Waals surface area contributed by atoms with Crippen LogP contribution in [0.5, 0.6) is 0 Å². The molecule has 0 saturated carbocycles. The zero-order chi connectivity index (χ0) is 15.9. The topological polar surface area (TPSA) is 63.8 Å². The van der Waals surface area contributed by atoms with Crippen molar-refractivity contribution in [2.24, 2.45) is 0 Å². The zero-order valence-electron chi connectivity index (χ0n) is 14.3. The number of aromatic nitrogens is 2. The average Bonchev–Trinajstić information content (AvgIpc) is 2.52. The van der Waals surface area contributed by atoms with Gasteiger partial charge in [-0.2, -0.15) is 4.98 Å². The van der Waals surface area contributed by atoms with Gasteiger partial charge in [-0.15, -0.1) is 0 Å². The summed E-state index contributed by atoms with van der Waals surface area (Å²) in [5.74, 6) is 1.16. The van der Waals surface area contributed by atoms with E-state index in [1.54, 1.807) is 6.20 Å². The number of hydrogen-bond acceptors (Lipinski definition) is 4. The number of nitrogens with zero attached hydrogens (tertiary/aromatic N) is 2. The number of unbranched alkanes of at least 4 members (excludes halogenated alkanes) is 11. The minimum atomic E-state index is 0.333. The minimum absolute atomic E-state index is 0.333. The van der Waals surface area contributed by atoms with Crippen molar-refractivity contribution in [2.45, 2.75) is 84.0 Å². The molecular formula is C18H34N4. The van der Waals surface area contributed by atoms with Crippen molar-refractivity contribution in [1.82, 2.24) is 9.97 Å². The van der Waals surface area contributed by atoms with E-state index in [1.807, 2.05) is 6.07 Å². The van der Waals surface area contributed by atoms with E-state index in [2.05, 4.69) is 22.2 Å². The number of nitrogen functional groups attached to an aromatic ring is 1. The van der Waals surface area contributed by atoms with E-state index in [-0.39, 0.29) is 0 Å². The predicted molar refractivity (Wildman–Crippen MR) is 96.0 cm³/mol. The molecule has 0 atom stereocenters. The molecule has 4 nitrogen and oxygen atoms in total. The molecule has 0 aliphatic rings. The van der Waals surface area contributed by atoms with Gasteiger partial charge < -0.3 is 11.1 Å². The quantitative estimate of drug-likeness (QED) is 0.465. The van der Waals surface area contributed by atoms with Crippen LogP contribution in [-0.2, 0) is 0 Å². The van der Waals surface area contributed by atoms with Crippen LogP contribution in [0, 0.1) is 0 Å². The summed E-state index contributed by atoms with van der Waals surface area (Å²) in [5.41, 5.74) is 5.54. The first kappa shape index (κ1) is 18.7. The SMILES string of the molecule is CCCCCCCCCCCCCCNc1ccnc(N)n1. The predicted octanol–water partition coefficient (Wildman–Crippen LogP) is 5.17. The molecule has 0 radical (unpaired) electrons. The molecule has 0 aliphatic heterocycles. The van der Waals surface area contributed by atoms with Crippen LogP contribution in [0.15, 0.2) is 12.3 Å². The number of hydrogen-bond donors (Lipinski definition) is 2. The molecule has 126 valence electrons. The molecule has 0 bridgehead atoms. The molecule has 0 saturated heterocycles. The average molecular weight is 306 g/mol. The zero-order valence-corrected chi connectivity index (χ0v) is 14.3. The van der Waals surface area contributed by atoms with Crippen LogP contribution in [0.1, 0.15) is 84.0 Å². The Hall–Kier alpha value is -1.32. The fourth-order valence-electron chi connectivity index (χ4n) is 2.65. The van der Waals surface area contributed by atoms with Crippen molar-refractivity contribution >= 4 is 11.8 Å². The van der Waals surface area contributed by atoms with Gasteiger partial charge in [0, 0.05) is 12.7 Å². The second-order valence-electron chi connectivity index (χ2n) is 6.12. The summed E-state index contributed by atoms with van der Waals surface area (Å²) in [6.45, 7) is 3.24. The maximum absolute atomic E-state index is 5.54. The Balaban J connectivity index is 1.80. The van der Waals surface area contributed by atoms with Gasteiger partial charge in [0.1, 0.15) is 5.82 Å². The van der Waals surface area contributed by atoms with Crippen LogP contribution < -0.4 is 11.1 Å². The Morgan fingerprint density at radius 1 is 0.864 bits per heavy atom. The largest absolute Gasteiger partial charge is 0.370 e. The lowest BCUT2D eigenvalue weighted by Gasteiger charge is -2.05. The Morgan fingerprint density at radius 3 is 1.95 bits per heavy atom. The van der Waals surface area contributed by atoms with Gasteiger partial charge in [-0.25, -0.2) is 4.98 Å². The third kappa shape index (κ3) is 10.4. The molecule has 0 amide bonds. The van der Waals surface area contributed by atoms with Crippen molar-refractivity contribution < 1.29 is 0 Å². The summed E-state index contributed by atoms with van der Waals surface area (Å²) < 4.78 is 0. The summed E-state index contributed by atoms with van der Waals surface area (Å²) in [6, 6.07) is 1.86. The molecule has 0 aromatic carbocycles. The Labute approximate surface area is 136 Å². The molecule has 1 heterocycles. The maximum atomic E-state index is 5.54. The molecule has 0 unspecified atom stereocenters. The van der Waals surface area contributed by atoms with Crippen molar-refractivity contribution in [1.29, 1.82) is 0 Å². The molecule has 0 spiro atoms. The highest BCUT2D eigenvalue weighted by Crippen LogP contribution is 2.12. The molecule has 1 rings (SSSR count). The molecule has 4 heteroatoms. The summed E-state index contributed by atoms with van der Waals surface area (Å²) >= 11 is 0. The lowest BCUT2D eigenvalue weighted by atomic mass is 10.1. The van der Waals surface area contributed by atoms with Crippen LogP contribution in [0.3, 0.4) is 0 Å². The molecule has 0 fully saturated rings. The lowest BCUT2D eigenvalue weighted by molar-refractivity contribution is 0.546. The maximum Gasteiger partial charge on any atom is 0.221 e. The fraction of sp³-hybridized carbons (Fsp3) is 0.778. The summed E-state index contributed by atoms with van der Waals surface area (Å²) in [4.78, 5) is 8.00. The fourth-order valence-corrected chi connectivity index (χ4v) is 2.65. The Bertz CT molecular complexity index is 368. The summed E-state index contributed by atoms with van der Waals surface area (Å²) in [5, 5.41) is 3.29. The third-order valence-corrected chi connectivity index (χ3v) is 4.01. The van der Waals surface area contributed by atoms with Crippen LogP contribution in [0.2, 0.25) is 0 Å². The molecular weight excluding hydrogens is 272 g/mol. The smallest absolute Gasteiger partial charge is 0.221 e. The summed E-state index contributed by atoms with van der Waals surface area (Å²) in [7, 11) is 0.